The molecule has 0 bridgehead atoms. The molecule has 1 unspecified atom stereocenters. The fraction of sp³-hybridized carbons (Fsp3) is 0.462. The topological polar surface area (TPSA) is 86.8 Å². The van der Waals surface area contributed by atoms with Gasteiger partial charge < -0.3 is 10.2 Å². The van der Waals surface area contributed by atoms with Gasteiger partial charge in [-0.3, -0.25) is 13.9 Å². The van der Waals surface area contributed by atoms with E-state index >= 15 is 0 Å². The fourth-order valence-electron chi connectivity index (χ4n) is 3.67. The van der Waals surface area contributed by atoms with Gasteiger partial charge in [-0.05, 0) is 56.5 Å². The molecule has 0 fully saturated rings. The van der Waals surface area contributed by atoms with Gasteiger partial charge in [0.1, 0.15) is 6.04 Å². The first kappa shape index (κ1) is 29.9. The highest BCUT2D eigenvalue weighted by molar-refractivity contribution is 7.92. The molecule has 0 saturated carbocycles. The zero-order valence-electron chi connectivity index (χ0n) is 21.3. The summed E-state index contributed by atoms with van der Waals surface area (Å²) in [6.07, 6.45) is 3.28. The minimum Gasteiger partial charge on any atom is -0.354 e. The molecule has 2 rings (SSSR count). The maximum atomic E-state index is 13.3. The Morgan fingerprint density at radius 1 is 1.06 bits per heavy atom. The van der Waals surface area contributed by atoms with E-state index in [0.29, 0.717) is 27.8 Å². The normalized spacial score (nSPS) is 12.2. The number of amides is 2. The number of hydrogen-bond acceptors (Lipinski definition) is 4. The second-order valence-electron chi connectivity index (χ2n) is 8.85. The predicted molar refractivity (Wildman–Crippen MR) is 147 cm³/mol. The van der Waals surface area contributed by atoms with Crippen molar-refractivity contribution >= 4 is 50.7 Å². The van der Waals surface area contributed by atoms with E-state index in [1.54, 1.807) is 37.3 Å². The Morgan fingerprint density at radius 2 is 1.72 bits per heavy atom. The van der Waals surface area contributed by atoms with Gasteiger partial charge in [0.15, 0.2) is 0 Å². The Bertz CT molecular complexity index is 1140. The Labute approximate surface area is 224 Å². The van der Waals surface area contributed by atoms with Crippen molar-refractivity contribution in [3.63, 3.8) is 0 Å². The van der Waals surface area contributed by atoms with Crippen molar-refractivity contribution in [1.29, 1.82) is 0 Å². The predicted octanol–water partition coefficient (Wildman–Crippen LogP) is 5.18. The van der Waals surface area contributed by atoms with Crippen LogP contribution in [0, 0.1) is 6.92 Å². The molecule has 1 atom stereocenters. The summed E-state index contributed by atoms with van der Waals surface area (Å²) in [5.74, 6) is -0.518. The van der Waals surface area contributed by atoms with Crippen LogP contribution in [-0.2, 0) is 26.2 Å². The lowest BCUT2D eigenvalue weighted by molar-refractivity contribution is -0.140. The van der Waals surface area contributed by atoms with Crippen LogP contribution in [0.1, 0.15) is 50.7 Å². The first-order valence-corrected chi connectivity index (χ1v) is 14.6. The molecule has 7 nitrogen and oxygen atoms in total. The van der Waals surface area contributed by atoms with Crippen molar-refractivity contribution in [2.75, 3.05) is 23.7 Å². The summed E-state index contributed by atoms with van der Waals surface area (Å²) in [7, 11) is -3.54. The molecule has 0 aliphatic heterocycles. The standard InChI is InChI=1S/C26H35Cl2N3O4S/c1-5-6-15-29-26(33)20(3)30(18-21-11-12-22(27)17-24(21)28)25(32)8-7-16-31(36(4,34)35)23-13-9-19(2)10-14-23/h9-14,17,20H,5-8,15-16,18H2,1-4H3,(H,29,33). The number of sulfonamides is 1. The minimum atomic E-state index is -3.54. The van der Waals surface area contributed by atoms with Gasteiger partial charge in [0.25, 0.3) is 0 Å². The van der Waals surface area contributed by atoms with E-state index in [9.17, 15) is 18.0 Å². The number of nitrogens with zero attached hydrogens (tertiary/aromatic N) is 2. The number of hydrogen-bond donors (Lipinski definition) is 1. The van der Waals surface area contributed by atoms with Crippen molar-refractivity contribution in [1.82, 2.24) is 10.2 Å². The van der Waals surface area contributed by atoms with Crippen LogP contribution in [0.5, 0.6) is 0 Å². The third kappa shape index (κ3) is 8.98. The highest BCUT2D eigenvalue weighted by atomic mass is 35.5. The van der Waals surface area contributed by atoms with Gasteiger partial charge >= 0.3 is 0 Å². The van der Waals surface area contributed by atoms with E-state index in [-0.39, 0.29) is 37.7 Å². The van der Waals surface area contributed by atoms with Gasteiger partial charge in [0, 0.05) is 36.1 Å². The van der Waals surface area contributed by atoms with Crippen molar-refractivity contribution in [2.45, 2.75) is 59.0 Å². The molecular weight excluding hydrogens is 521 g/mol. The van der Waals surface area contributed by atoms with Gasteiger partial charge in [0.2, 0.25) is 21.8 Å². The molecular formula is C26H35Cl2N3O4S. The molecule has 1 N–H and O–H groups in total. The van der Waals surface area contributed by atoms with Crippen molar-refractivity contribution < 1.29 is 18.0 Å². The summed E-state index contributed by atoms with van der Waals surface area (Å²) in [6.45, 7) is 6.44. The maximum Gasteiger partial charge on any atom is 0.242 e. The number of rotatable bonds is 13. The molecule has 0 aliphatic rings. The quantitative estimate of drug-likeness (QED) is 0.345. The lowest BCUT2D eigenvalue weighted by atomic mass is 10.1. The Balaban J connectivity index is 2.17. The Morgan fingerprint density at radius 3 is 2.31 bits per heavy atom. The van der Waals surface area contributed by atoms with E-state index in [1.165, 1.54) is 9.21 Å². The second-order valence-corrected chi connectivity index (χ2v) is 11.6. The molecule has 2 aromatic rings. The highest BCUT2D eigenvalue weighted by Crippen LogP contribution is 2.24. The van der Waals surface area contributed by atoms with E-state index in [1.807, 2.05) is 26.0 Å². The lowest BCUT2D eigenvalue weighted by Gasteiger charge is -2.30. The fourth-order valence-corrected chi connectivity index (χ4v) is 5.10. The first-order chi connectivity index (χ1) is 16.9. The zero-order valence-corrected chi connectivity index (χ0v) is 23.6. The number of benzene rings is 2. The van der Waals surface area contributed by atoms with E-state index < -0.39 is 16.1 Å². The molecule has 10 heteroatoms. The summed E-state index contributed by atoms with van der Waals surface area (Å²) >= 11 is 12.4. The number of unbranched alkanes of at least 4 members (excludes halogenated alkanes) is 1. The number of anilines is 1. The van der Waals surface area contributed by atoms with Crippen LogP contribution in [0.4, 0.5) is 5.69 Å². The molecule has 0 aromatic heterocycles. The smallest absolute Gasteiger partial charge is 0.242 e. The van der Waals surface area contributed by atoms with E-state index in [4.69, 9.17) is 23.2 Å². The van der Waals surface area contributed by atoms with Crippen LogP contribution in [-0.4, -0.2) is 50.5 Å². The van der Waals surface area contributed by atoms with Crippen LogP contribution in [0.25, 0.3) is 0 Å². The summed E-state index contributed by atoms with van der Waals surface area (Å²) in [6, 6.07) is 11.5. The van der Waals surface area contributed by atoms with Crippen LogP contribution >= 0.6 is 23.2 Å². The molecule has 36 heavy (non-hydrogen) atoms. The number of carbonyl (C=O) groups is 2. The number of carbonyl (C=O) groups excluding carboxylic acids is 2. The average Bonchev–Trinajstić information content (AvgIpc) is 2.81. The SMILES string of the molecule is CCCCNC(=O)C(C)N(Cc1ccc(Cl)cc1Cl)C(=O)CCCN(c1ccc(C)cc1)S(C)(=O)=O. The van der Waals surface area contributed by atoms with Crippen molar-refractivity contribution in [3.8, 4) is 0 Å². The van der Waals surface area contributed by atoms with Crippen molar-refractivity contribution in [3.05, 3.63) is 63.6 Å². The lowest BCUT2D eigenvalue weighted by Crippen LogP contribution is -2.48. The zero-order chi connectivity index (χ0) is 26.9. The summed E-state index contributed by atoms with van der Waals surface area (Å²) in [5, 5.41) is 3.75. The minimum absolute atomic E-state index is 0.0651. The highest BCUT2D eigenvalue weighted by Gasteiger charge is 2.27. The van der Waals surface area contributed by atoms with Crippen molar-refractivity contribution in [2.24, 2.45) is 0 Å². The summed E-state index contributed by atoms with van der Waals surface area (Å²) in [5.41, 5.74) is 2.23. The third-order valence-corrected chi connectivity index (χ3v) is 7.61. The largest absolute Gasteiger partial charge is 0.354 e. The van der Waals surface area contributed by atoms with Gasteiger partial charge in [0.05, 0.1) is 11.9 Å². The molecule has 2 aromatic carbocycles. The van der Waals surface area contributed by atoms with Gasteiger partial charge in [-0.1, -0.05) is 60.3 Å². The van der Waals surface area contributed by atoms with Crippen LogP contribution < -0.4 is 9.62 Å². The average molecular weight is 557 g/mol. The molecule has 0 aliphatic carbocycles. The van der Waals surface area contributed by atoms with Gasteiger partial charge in [-0.25, -0.2) is 8.42 Å². The maximum absolute atomic E-state index is 13.3. The van der Waals surface area contributed by atoms with Crippen LogP contribution in [0.2, 0.25) is 10.0 Å². The van der Waals surface area contributed by atoms with Crippen LogP contribution in [0.15, 0.2) is 42.5 Å². The number of nitrogens with one attached hydrogen (secondary N) is 1. The monoisotopic (exact) mass is 555 g/mol. The third-order valence-electron chi connectivity index (χ3n) is 5.83. The molecule has 0 radical (unpaired) electrons. The summed E-state index contributed by atoms with van der Waals surface area (Å²) < 4.78 is 26.1. The van der Waals surface area contributed by atoms with Gasteiger partial charge in [-0.2, -0.15) is 0 Å². The van der Waals surface area contributed by atoms with Crippen LogP contribution in [0.3, 0.4) is 0 Å². The Hall–Kier alpha value is -2.29. The first-order valence-electron chi connectivity index (χ1n) is 12.0. The molecule has 198 valence electrons. The van der Waals surface area contributed by atoms with E-state index in [0.717, 1.165) is 24.7 Å². The Kier molecular flexibility index (Phi) is 11.5. The van der Waals surface area contributed by atoms with E-state index in [2.05, 4.69) is 5.32 Å². The summed E-state index contributed by atoms with van der Waals surface area (Å²) in [4.78, 5) is 27.6. The molecule has 0 saturated heterocycles. The number of aryl methyl sites for hydroxylation is 1. The molecule has 0 spiro atoms. The molecule has 2 amide bonds. The second kappa shape index (κ2) is 13.9. The number of halogens is 2. The van der Waals surface area contributed by atoms with Gasteiger partial charge in [-0.15, -0.1) is 0 Å². The molecule has 0 heterocycles.